The van der Waals surface area contributed by atoms with Crippen LogP contribution in [0.3, 0.4) is 0 Å². The highest BCUT2D eigenvalue weighted by Crippen LogP contribution is 2.30. The van der Waals surface area contributed by atoms with Gasteiger partial charge in [0.2, 0.25) is 5.82 Å². The molecule has 0 spiro atoms. The van der Waals surface area contributed by atoms with E-state index in [0.29, 0.717) is 19.3 Å². The average Bonchev–Trinajstić information content (AvgIpc) is 2.28. The number of halogens is 2. The van der Waals surface area contributed by atoms with Gasteiger partial charge in [0.15, 0.2) is 0 Å². The molecule has 1 unspecified atom stereocenters. The first-order valence-electron chi connectivity index (χ1n) is 5.55. The Labute approximate surface area is 102 Å². The number of anilines is 1. The van der Waals surface area contributed by atoms with Crippen LogP contribution in [0.5, 0.6) is 0 Å². The molecule has 1 aromatic rings. The van der Waals surface area contributed by atoms with E-state index in [1.54, 1.807) is 0 Å². The highest BCUT2D eigenvalue weighted by Gasteiger charge is 2.24. The number of hydrogen-bond donors (Lipinski definition) is 1. The number of nitrogens with zero attached hydrogens (tertiary/aromatic N) is 1. The summed E-state index contributed by atoms with van der Waals surface area (Å²) in [5.74, 6) is -2.03. The second kappa shape index (κ2) is 5.26. The van der Waals surface area contributed by atoms with Gasteiger partial charge < -0.3 is 10.1 Å². The Morgan fingerprint density at radius 3 is 2.83 bits per heavy atom. The molecule has 1 N–H and O–H groups in total. The molecule has 7 heteroatoms. The van der Waals surface area contributed by atoms with E-state index in [1.807, 2.05) is 0 Å². The van der Waals surface area contributed by atoms with Gasteiger partial charge in [-0.2, -0.15) is 4.39 Å². The van der Waals surface area contributed by atoms with Gasteiger partial charge in [-0.1, -0.05) is 0 Å². The molecule has 18 heavy (non-hydrogen) atoms. The molecular weight excluding hydrogens is 246 g/mol. The maximum Gasteiger partial charge on any atom is 0.327 e. The summed E-state index contributed by atoms with van der Waals surface area (Å²) in [7, 11) is 0. The van der Waals surface area contributed by atoms with Crippen molar-refractivity contribution in [1.82, 2.24) is 0 Å². The summed E-state index contributed by atoms with van der Waals surface area (Å²) in [6.45, 7) is 1.01. The van der Waals surface area contributed by atoms with Crippen LogP contribution in [-0.2, 0) is 4.74 Å². The third-order valence-electron chi connectivity index (χ3n) is 2.73. The molecule has 1 aromatic carbocycles. The van der Waals surface area contributed by atoms with Gasteiger partial charge in [0.05, 0.1) is 11.5 Å². The summed E-state index contributed by atoms with van der Waals surface area (Å²) >= 11 is 0. The Hall–Kier alpha value is -1.76. The molecule has 0 bridgehead atoms. The predicted octanol–water partition coefficient (Wildman–Crippen LogP) is 2.46. The van der Waals surface area contributed by atoms with Crippen molar-refractivity contribution in [3.63, 3.8) is 0 Å². The topological polar surface area (TPSA) is 64.4 Å². The molecular formula is C11H12F2N2O3. The number of nitro groups is 1. The summed E-state index contributed by atoms with van der Waals surface area (Å²) < 4.78 is 31.7. The van der Waals surface area contributed by atoms with Crippen LogP contribution in [0.15, 0.2) is 12.1 Å². The van der Waals surface area contributed by atoms with Crippen molar-refractivity contribution >= 4 is 11.4 Å². The van der Waals surface area contributed by atoms with Crippen molar-refractivity contribution in [3.8, 4) is 0 Å². The van der Waals surface area contributed by atoms with Gasteiger partial charge in [-0.3, -0.25) is 10.1 Å². The lowest BCUT2D eigenvalue weighted by molar-refractivity contribution is -0.386. The highest BCUT2D eigenvalue weighted by atomic mass is 19.1. The van der Waals surface area contributed by atoms with Crippen LogP contribution in [0.4, 0.5) is 20.2 Å². The fourth-order valence-corrected chi connectivity index (χ4v) is 1.94. The normalized spacial score (nSPS) is 19.6. The predicted molar refractivity (Wildman–Crippen MR) is 60.5 cm³/mol. The van der Waals surface area contributed by atoms with E-state index in [1.165, 1.54) is 0 Å². The smallest absolute Gasteiger partial charge is 0.327 e. The minimum Gasteiger partial charge on any atom is -0.379 e. The van der Waals surface area contributed by atoms with E-state index >= 15 is 0 Å². The van der Waals surface area contributed by atoms with E-state index in [9.17, 15) is 18.9 Å². The largest absolute Gasteiger partial charge is 0.379 e. The molecule has 0 saturated carbocycles. The monoisotopic (exact) mass is 258 g/mol. The summed E-state index contributed by atoms with van der Waals surface area (Å²) in [6.07, 6.45) is 1.55. The third kappa shape index (κ3) is 2.73. The maximum absolute atomic E-state index is 13.4. The number of nitro benzene ring substituents is 1. The molecule has 1 fully saturated rings. The number of ether oxygens (including phenoxy) is 1. The van der Waals surface area contributed by atoms with Gasteiger partial charge in [-0.25, -0.2) is 4.39 Å². The van der Waals surface area contributed by atoms with Gasteiger partial charge in [0, 0.05) is 24.8 Å². The molecule has 2 rings (SSSR count). The van der Waals surface area contributed by atoms with Crippen LogP contribution < -0.4 is 5.32 Å². The third-order valence-corrected chi connectivity index (χ3v) is 2.73. The Balaban J connectivity index is 2.27. The Morgan fingerprint density at radius 1 is 1.44 bits per heavy atom. The summed E-state index contributed by atoms with van der Waals surface area (Å²) in [5, 5.41) is 13.5. The molecule has 0 aromatic heterocycles. The molecule has 1 atom stereocenters. The zero-order valence-corrected chi connectivity index (χ0v) is 9.49. The number of nitrogens with one attached hydrogen (secondary N) is 1. The number of rotatable bonds is 3. The van der Waals surface area contributed by atoms with Crippen LogP contribution >= 0.6 is 0 Å². The van der Waals surface area contributed by atoms with Crippen molar-refractivity contribution in [2.45, 2.75) is 18.9 Å². The molecule has 1 saturated heterocycles. The lowest BCUT2D eigenvalue weighted by Crippen LogP contribution is -2.30. The van der Waals surface area contributed by atoms with Gasteiger partial charge in [-0.05, 0) is 12.8 Å². The van der Waals surface area contributed by atoms with E-state index in [4.69, 9.17) is 4.74 Å². The van der Waals surface area contributed by atoms with Crippen LogP contribution in [0, 0.1) is 21.7 Å². The molecule has 1 heterocycles. The molecule has 0 aliphatic carbocycles. The van der Waals surface area contributed by atoms with Crippen LogP contribution in [0.2, 0.25) is 0 Å². The first-order valence-corrected chi connectivity index (χ1v) is 5.55. The number of hydrogen-bond acceptors (Lipinski definition) is 4. The van der Waals surface area contributed by atoms with Gasteiger partial charge in [-0.15, -0.1) is 0 Å². The Bertz CT molecular complexity index is 462. The zero-order valence-electron chi connectivity index (χ0n) is 9.49. The quantitative estimate of drug-likeness (QED) is 0.668. The minimum atomic E-state index is -1.18. The molecule has 1 aliphatic rings. The Kier molecular flexibility index (Phi) is 3.71. The van der Waals surface area contributed by atoms with Crippen LogP contribution in [0.1, 0.15) is 12.8 Å². The summed E-state index contributed by atoms with van der Waals surface area (Å²) in [4.78, 5) is 9.91. The summed E-state index contributed by atoms with van der Waals surface area (Å²) in [5.41, 5.74) is -0.880. The first kappa shape index (κ1) is 12.7. The van der Waals surface area contributed by atoms with Crippen molar-refractivity contribution in [2.75, 3.05) is 18.5 Å². The lowest BCUT2D eigenvalue weighted by atomic mass is 10.1. The molecule has 5 nitrogen and oxygen atoms in total. The maximum atomic E-state index is 13.4. The van der Waals surface area contributed by atoms with Crippen molar-refractivity contribution < 1.29 is 18.4 Å². The first-order chi connectivity index (χ1) is 8.58. The van der Waals surface area contributed by atoms with E-state index < -0.39 is 22.2 Å². The van der Waals surface area contributed by atoms with Crippen molar-refractivity contribution in [2.24, 2.45) is 0 Å². The SMILES string of the molecule is O=[N+]([O-])c1c(F)cc(F)cc1NC1CCCOC1. The fraction of sp³-hybridized carbons (Fsp3) is 0.455. The van der Waals surface area contributed by atoms with Crippen LogP contribution in [0.25, 0.3) is 0 Å². The van der Waals surface area contributed by atoms with Gasteiger partial charge in [0.25, 0.3) is 0 Å². The van der Waals surface area contributed by atoms with Gasteiger partial charge in [0.1, 0.15) is 11.5 Å². The van der Waals surface area contributed by atoms with Crippen LogP contribution in [-0.4, -0.2) is 24.2 Å². The zero-order chi connectivity index (χ0) is 13.1. The molecule has 1 aliphatic heterocycles. The molecule has 98 valence electrons. The molecule has 0 radical (unpaired) electrons. The standard InChI is InChI=1S/C11H12F2N2O3/c12-7-4-9(13)11(15(16)17)10(5-7)14-8-2-1-3-18-6-8/h4-5,8,14H,1-3,6H2. The van der Waals surface area contributed by atoms with E-state index in [0.717, 1.165) is 18.9 Å². The minimum absolute atomic E-state index is 0.145. The summed E-state index contributed by atoms with van der Waals surface area (Å²) in [6, 6.07) is 1.26. The van der Waals surface area contributed by atoms with Gasteiger partial charge >= 0.3 is 5.69 Å². The van der Waals surface area contributed by atoms with Crippen molar-refractivity contribution in [3.05, 3.63) is 33.9 Å². The van der Waals surface area contributed by atoms with E-state index in [2.05, 4.69) is 5.32 Å². The lowest BCUT2D eigenvalue weighted by Gasteiger charge is -2.24. The number of benzene rings is 1. The highest BCUT2D eigenvalue weighted by molar-refractivity contribution is 5.62. The molecule has 0 amide bonds. The Morgan fingerprint density at radius 2 is 2.22 bits per heavy atom. The second-order valence-electron chi connectivity index (χ2n) is 4.10. The van der Waals surface area contributed by atoms with Crippen molar-refractivity contribution in [1.29, 1.82) is 0 Å². The average molecular weight is 258 g/mol. The fourth-order valence-electron chi connectivity index (χ4n) is 1.94. The second-order valence-corrected chi connectivity index (χ2v) is 4.10. The van der Waals surface area contributed by atoms with E-state index in [-0.39, 0.29) is 11.7 Å².